The molecule has 2 aliphatic carbocycles. The van der Waals surface area contributed by atoms with Crippen molar-refractivity contribution in [2.75, 3.05) is 13.2 Å². The summed E-state index contributed by atoms with van der Waals surface area (Å²) in [4.78, 5) is 50.7. The highest BCUT2D eigenvalue weighted by molar-refractivity contribution is 6.05. The van der Waals surface area contributed by atoms with Crippen molar-refractivity contribution >= 4 is 23.6 Å². The number of ether oxygens (including phenoxy) is 1. The zero-order chi connectivity index (χ0) is 20.7. The second kappa shape index (κ2) is 7.76. The molecule has 7 heteroatoms. The van der Waals surface area contributed by atoms with Gasteiger partial charge in [-0.05, 0) is 45.6 Å². The van der Waals surface area contributed by atoms with Gasteiger partial charge in [0.1, 0.15) is 0 Å². The zero-order valence-electron chi connectivity index (χ0n) is 17.1. The van der Waals surface area contributed by atoms with Gasteiger partial charge in [0.05, 0.1) is 18.3 Å². The Balaban J connectivity index is 1.28. The van der Waals surface area contributed by atoms with Crippen molar-refractivity contribution in [1.82, 2.24) is 9.47 Å². The summed E-state index contributed by atoms with van der Waals surface area (Å²) in [5.41, 5.74) is 2.56. The van der Waals surface area contributed by atoms with E-state index in [0.29, 0.717) is 11.6 Å². The highest BCUT2D eigenvalue weighted by Gasteiger charge is 2.47. The van der Waals surface area contributed by atoms with Crippen LogP contribution in [0, 0.1) is 25.7 Å². The molecule has 3 fully saturated rings. The quantitative estimate of drug-likeness (QED) is 0.399. The van der Waals surface area contributed by atoms with Crippen LogP contribution in [0.25, 0.3) is 0 Å². The fraction of sp³-hybridized carbons (Fsp3) is 0.636. The average molecular weight is 400 g/mol. The van der Waals surface area contributed by atoms with Crippen LogP contribution in [0.5, 0.6) is 0 Å². The molecule has 0 spiro atoms. The molecule has 2 heterocycles. The van der Waals surface area contributed by atoms with E-state index in [1.54, 1.807) is 0 Å². The minimum Gasteiger partial charge on any atom is -0.457 e. The summed E-state index contributed by atoms with van der Waals surface area (Å²) in [6.45, 7) is 3.62. The van der Waals surface area contributed by atoms with E-state index in [1.807, 2.05) is 19.9 Å². The summed E-state index contributed by atoms with van der Waals surface area (Å²) in [5, 5.41) is 0. The molecule has 29 heavy (non-hydrogen) atoms. The molecule has 3 aliphatic rings. The smallest absolute Gasteiger partial charge is 0.308 e. The number of imide groups is 1. The number of ketones is 1. The normalized spacial score (nSPS) is 24.0. The predicted molar refractivity (Wildman–Crippen MR) is 104 cm³/mol. The average Bonchev–Trinajstić information content (AvgIpc) is 3.45. The molecule has 1 aliphatic heterocycles. The van der Waals surface area contributed by atoms with Crippen molar-refractivity contribution in [2.45, 2.75) is 64.8 Å². The van der Waals surface area contributed by atoms with Crippen LogP contribution in [0.2, 0.25) is 0 Å². The number of rotatable bonds is 7. The number of hydrogen-bond donors (Lipinski definition) is 0. The second-order valence-corrected chi connectivity index (χ2v) is 8.55. The summed E-state index contributed by atoms with van der Waals surface area (Å²) in [6.07, 6.45) is 5.64. The molecular formula is C22H28N2O5. The molecule has 4 rings (SSSR count). The summed E-state index contributed by atoms with van der Waals surface area (Å²) >= 11 is 0. The first-order valence-corrected chi connectivity index (χ1v) is 10.6. The largest absolute Gasteiger partial charge is 0.457 e. The number of esters is 1. The summed E-state index contributed by atoms with van der Waals surface area (Å²) < 4.78 is 7.32. The number of aryl methyl sites for hydroxylation is 1. The number of carbonyl (C=O) groups is 4. The van der Waals surface area contributed by atoms with Gasteiger partial charge < -0.3 is 9.30 Å². The highest BCUT2D eigenvalue weighted by Crippen LogP contribution is 2.39. The van der Waals surface area contributed by atoms with E-state index < -0.39 is 5.97 Å². The van der Waals surface area contributed by atoms with E-state index in [0.717, 1.165) is 49.9 Å². The number of aromatic nitrogens is 1. The van der Waals surface area contributed by atoms with E-state index >= 15 is 0 Å². The van der Waals surface area contributed by atoms with Crippen LogP contribution >= 0.6 is 0 Å². The van der Waals surface area contributed by atoms with Crippen molar-refractivity contribution in [3.63, 3.8) is 0 Å². The lowest BCUT2D eigenvalue weighted by molar-refractivity contribution is -0.145. The molecule has 1 aromatic rings. The van der Waals surface area contributed by atoms with Gasteiger partial charge in [-0.15, -0.1) is 0 Å². The van der Waals surface area contributed by atoms with Crippen LogP contribution in [-0.4, -0.2) is 46.2 Å². The van der Waals surface area contributed by atoms with Crippen molar-refractivity contribution in [1.29, 1.82) is 0 Å². The van der Waals surface area contributed by atoms with Crippen LogP contribution in [0.15, 0.2) is 6.07 Å². The third kappa shape index (κ3) is 3.74. The Hall–Kier alpha value is -2.44. The Kier molecular flexibility index (Phi) is 5.32. The molecule has 7 nitrogen and oxygen atoms in total. The third-order valence-corrected chi connectivity index (χ3v) is 6.53. The Labute approximate surface area is 170 Å². The first-order valence-electron chi connectivity index (χ1n) is 10.6. The molecule has 0 bridgehead atoms. The van der Waals surface area contributed by atoms with E-state index in [-0.39, 0.29) is 49.0 Å². The molecule has 1 aromatic heterocycles. The van der Waals surface area contributed by atoms with Gasteiger partial charge in [-0.2, -0.15) is 0 Å². The van der Waals surface area contributed by atoms with Gasteiger partial charge in [0, 0.05) is 29.5 Å². The van der Waals surface area contributed by atoms with Crippen LogP contribution in [0.3, 0.4) is 0 Å². The molecule has 0 unspecified atom stereocenters. The highest BCUT2D eigenvalue weighted by atomic mass is 16.5. The number of Topliss-reactive ketones (excluding diaryl/α,β-unsaturated/α-hetero) is 1. The Morgan fingerprint density at radius 2 is 1.66 bits per heavy atom. The van der Waals surface area contributed by atoms with Gasteiger partial charge in [0.15, 0.2) is 6.61 Å². The molecule has 2 amide bonds. The first kappa shape index (κ1) is 19.9. The van der Waals surface area contributed by atoms with Gasteiger partial charge in [-0.25, -0.2) is 0 Å². The molecule has 2 atom stereocenters. The number of nitrogens with zero attached hydrogens (tertiary/aromatic N) is 2. The lowest BCUT2D eigenvalue weighted by atomic mass is 9.81. The fourth-order valence-electron chi connectivity index (χ4n) is 4.90. The summed E-state index contributed by atoms with van der Waals surface area (Å²) in [5.74, 6) is -1.53. The number of amides is 2. The number of hydrogen-bond acceptors (Lipinski definition) is 5. The van der Waals surface area contributed by atoms with E-state index in [1.165, 1.54) is 4.90 Å². The van der Waals surface area contributed by atoms with E-state index in [4.69, 9.17) is 4.74 Å². The summed E-state index contributed by atoms with van der Waals surface area (Å²) in [6, 6.07) is 2.34. The van der Waals surface area contributed by atoms with E-state index in [9.17, 15) is 19.2 Å². The first-order chi connectivity index (χ1) is 13.9. The minimum absolute atomic E-state index is 0.0356. The Bertz CT molecular complexity index is 843. The van der Waals surface area contributed by atoms with Gasteiger partial charge in [0.25, 0.3) is 0 Å². The van der Waals surface area contributed by atoms with Gasteiger partial charge in [-0.1, -0.05) is 12.8 Å². The monoisotopic (exact) mass is 400 g/mol. The topological polar surface area (TPSA) is 85.7 Å². The number of fused-ring (bicyclic) bond motifs is 1. The molecule has 0 radical (unpaired) electrons. The summed E-state index contributed by atoms with van der Waals surface area (Å²) in [7, 11) is 0. The third-order valence-electron chi connectivity index (χ3n) is 6.53. The van der Waals surface area contributed by atoms with Crippen LogP contribution in [0.1, 0.15) is 72.7 Å². The molecule has 2 saturated carbocycles. The van der Waals surface area contributed by atoms with Crippen molar-refractivity contribution in [3.8, 4) is 0 Å². The maximum Gasteiger partial charge on any atom is 0.308 e. The maximum atomic E-state index is 12.5. The van der Waals surface area contributed by atoms with Crippen LogP contribution in [0.4, 0.5) is 0 Å². The standard InChI is InChI=1S/C22H28N2O5/c1-13-11-18(14(2)24(13)15-7-8-15)19(25)12-29-20(26)9-10-23-21(27)16-5-3-4-6-17(16)22(23)28/h11,15-17H,3-10,12H2,1-2H3/t16-,17+. The van der Waals surface area contributed by atoms with Crippen molar-refractivity contribution in [3.05, 3.63) is 23.0 Å². The second-order valence-electron chi connectivity index (χ2n) is 8.55. The van der Waals surface area contributed by atoms with E-state index in [2.05, 4.69) is 4.57 Å². The fourth-order valence-corrected chi connectivity index (χ4v) is 4.90. The van der Waals surface area contributed by atoms with Crippen molar-refractivity contribution < 1.29 is 23.9 Å². The van der Waals surface area contributed by atoms with Crippen molar-refractivity contribution in [2.24, 2.45) is 11.8 Å². The lowest BCUT2D eigenvalue weighted by Gasteiger charge is -2.19. The maximum absolute atomic E-state index is 12.5. The molecular weight excluding hydrogens is 372 g/mol. The zero-order valence-corrected chi connectivity index (χ0v) is 17.1. The SMILES string of the molecule is Cc1cc(C(=O)COC(=O)CCN2C(=O)[C@H]3CCCC[C@H]3C2=O)c(C)n1C1CC1. The van der Waals surface area contributed by atoms with Crippen LogP contribution < -0.4 is 0 Å². The van der Waals surface area contributed by atoms with Gasteiger partial charge in [0.2, 0.25) is 17.6 Å². The van der Waals surface area contributed by atoms with Gasteiger partial charge in [-0.3, -0.25) is 24.1 Å². The molecule has 156 valence electrons. The number of carbonyl (C=O) groups excluding carboxylic acids is 4. The Morgan fingerprint density at radius 3 is 2.24 bits per heavy atom. The molecule has 1 saturated heterocycles. The molecule has 0 aromatic carbocycles. The molecule has 0 N–H and O–H groups in total. The van der Waals surface area contributed by atoms with Crippen LogP contribution in [-0.2, 0) is 19.1 Å². The Morgan fingerprint density at radius 1 is 1.03 bits per heavy atom. The lowest BCUT2D eigenvalue weighted by Crippen LogP contribution is -2.33. The predicted octanol–water partition coefficient (Wildman–Crippen LogP) is 2.73. The number of likely N-dealkylation sites (tertiary alicyclic amines) is 1. The minimum atomic E-state index is -0.565. The van der Waals surface area contributed by atoms with Gasteiger partial charge >= 0.3 is 5.97 Å².